The maximum atomic E-state index is 7.15. The summed E-state index contributed by atoms with van der Waals surface area (Å²) in [4.78, 5) is 2.58. The lowest BCUT2D eigenvalue weighted by molar-refractivity contribution is 0.600. The minimum atomic E-state index is -0.382. The zero-order chi connectivity index (χ0) is 54.6. The summed E-state index contributed by atoms with van der Waals surface area (Å²) in [6.45, 7) is 19.4. The van der Waals surface area contributed by atoms with Crippen LogP contribution in [0.1, 0.15) is 99.9 Å². The fraction of sp³-hybridized carbons (Fsp3) is 0.154. The van der Waals surface area contributed by atoms with Crippen LogP contribution in [0.2, 0.25) is 0 Å². The zero-order valence-electron chi connectivity index (χ0n) is 47.0. The lowest BCUT2D eigenvalue weighted by atomic mass is 9.72. The van der Waals surface area contributed by atoms with E-state index in [4.69, 9.17) is 8.83 Å². The third-order valence-electron chi connectivity index (χ3n) is 19.8. The van der Waals surface area contributed by atoms with Gasteiger partial charge in [-0.25, -0.2) is 0 Å². The molecule has 0 radical (unpaired) electrons. The van der Waals surface area contributed by atoms with E-state index in [0.717, 1.165) is 50.2 Å². The van der Waals surface area contributed by atoms with E-state index in [1.807, 2.05) is 0 Å². The van der Waals surface area contributed by atoms with E-state index in [9.17, 15) is 0 Å². The van der Waals surface area contributed by atoms with Gasteiger partial charge in [-0.1, -0.05) is 219 Å². The van der Waals surface area contributed by atoms with Gasteiger partial charge in [0, 0.05) is 71.3 Å². The van der Waals surface area contributed by atoms with Crippen LogP contribution in [-0.4, -0.2) is 0 Å². The van der Waals surface area contributed by atoms with Gasteiger partial charge in [-0.15, -0.1) is 0 Å². The summed E-state index contributed by atoms with van der Waals surface area (Å²) >= 11 is 0. The topological polar surface area (TPSA) is 29.5 Å². The molecular formula is C78H59NO2. The summed E-state index contributed by atoms with van der Waals surface area (Å²) < 4.78 is 14.2. The number of hydrogen-bond donors (Lipinski definition) is 0. The molecule has 4 aliphatic carbocycles. The molecule has 0 fully saturated rings. The lowest BCUT2D eigenvalue weighted by Gasteiger charge is -2.32. The monoisotopic (exact) mass is 1040 g/mol. The van der Waals surface area contributed by atoms with Crippen LogP contribution < -0.4 is 4.90 Å². The maximum Gasteiger partial charge on any atom is 0.144 e. The van der Waals surface area contributed by atoms with Crippen molar-refractivity contribution in [1.82, 2.24) is 0 Å². The zero-order valence-corrected chi connectivity index (χ0v) is 47.0. The fourth-order valence-corrected chi connectivity index (χ4v) is 16.0. The van der Waals surface area contributed by atoms with Crippen molar-refractivity contribution < 1.29 is 8.83 Å². The molecule has 0 aliphatic heterocycles. The number of furan rings is 2. The first kappa shape index (κ1) is 46.7. The fourth-order valence-electron chi connectivity index (χ4n) is 16.0. The SMILES string of the molecule is CC1(C)c2ccccc2-c2c(N(c3ccc4c(c3)C(C)(C)c3cc(-c5ccccc5-c5ccccc5)c5oc6ccccc6c5c3-4)c3ccc4c(c3)C(C)(C)c3c5c(c6c(oc7ccccc76)c3-4)-c3ccccc3C5(C)C)cccc21. The highest BCUT2D eigenvalue weighted by molar-refractivity contribution is 6.22. The average molecular weight is 1040 g/mol. The molecule has 2 aromatic heterocycles. The van der Waals surface area contributed by atoms with Gasteiger partial charge in [-0.2, -0.15) is 0 Å². The molecule has 3 heteroatoms. The third-order valence-corrected chi connectivity index (χ3v) is 19.8. The number of fused-ring (bicyclic) bond motifs is 22. The first-order chi connectivity index (χ1) is 39.2. The Morgan fingerprint density at radius 3 is 1.44 bits per heavy atom. The van der Waals surface area contributed by atoms with Crippen molar-refractivity contribution >= 4 is 60.9 Å². The summed E-state index contributed by atoms with van der Waals surface area (Å²) in [6.07, 6.45) is 0. The Bertz CT molecular complexity index is 4940. The van der Waals surface area contributed by atoms with Crippen molar-refractivity contribution in [2.75, 3.05) is 4.90 Å². The van der Waals surface area contributed by atoms with Crippen LogP contribution in [0.3, 0.4) is 0 Å². The highest BCUT2D eigenvalue weighted by atomic mass is 16.3. The van der Waals surface area contributed by atoms with E-state index in [0.29, 0.717) is 0 Å². The predicted molar refractivity (Wildman–Crippen MR) is 337 cm³/mol. The Morgan fingerprint density at radius 2 is 0.765 bits per heavy atom. The van der Waals surface area contributed by atoms with Crippen LogP contribution in [-0.2, 0) is 21.7 Å². The molecule has 0 unspecified atom stereocenters. The van der Waals surface area contributed by atoms with E-state index in [2.05, 4.69) is 273 Å². The first-order valence-electron chi connectivity index (χ1n) is 28.8. The molecule has 17 rings (SSSR count). The molecule has 388 valence electrons. The highest BCUT2D eigenvalue weighted by Crippen LogP contribution is 2.65. The van der Waals surface area contributed by atoms with Crippen LogP contribution in [0.5, 0.6) is 0 Å². The van der Waals surface area contributed by atoms with Gasteiger partial charge >= 0.3 is 0 Å². The Balaban J connectivity index is 0.909. The number of benzene rings is 11. The lowest BCUT2D eigenvalue weighted by Crippen LogP contribution is -2.24. The van der Waals surface area contributed by atoms with Crippen molar-refractivity contribution in [3.63, 3.8) is 0 Å². The van der Waals surface area contributed by atoms with E-state index in [-0.39, 0.29) is 21.7 Å². The molecule has 0 saturated carbocycles. The first-order valence-corrected chi connectivity index (χ1v) is 28.8. The molecule has 3 nitrogen and oxygen atoms in total. The second-order valence-corrected chi connectivity index (χ2v) is 25.4. The molecule has 0 N–H and O–H groups in total. The summed E-state index contributed by atoms with van der Waals surface area (Å²) in [6, 6.07) is 79.1. The number of para-hydroxylation sites is 2. The molecule has 0 saturated heterocycles. The van der Waals surface area contributed by atoms with Gasteiger partial charge in [0.1, 0.15) is 22.3 Å². The normalized spacial score (nSPS) is 15.8. The molecule has 11 aromatic carbocycles. The average Bonchev–Trinajstić information content (AvgIpc) is 4.43. The molecule has 4 aliphatic rings. The van der Waals surface area contributed by atoms with Gasteiger partial charge in [-0.3, -0.25) is 0 Å². The Labute approximate surface area is 472 Å². The van der Waals surface area contributed by atoms with Crippen LogP contribution in [0.4, 0.5) is 17.1 Å². The summed E-state index contributed by atoms with van der Waals surface area (Å²) in [7, 11) is 0. The molecule has 0 atom stereocenters. The van der Waals surface area contributed by atoms with E-state index < -0.39 is 0 Å². The highest BCUT2D eigenvalue weighted by Gasteiger charge is 2.49. The minimum absolute atomic E-state index is 0.185. The summed E-state index contributed by atoms with van der Waals surface area (Å²) in [5.41, 5.74) is 31.6. The van der Waals surface area contributed by atoms with Gasteiger partial charge in [0.15, 0.2) is 0 Å². The maximum absolute atomic E-state index is 7.15. The third kappa shape index (κ3) is 5.93. The molecule has 13 aromatic rings. The molecule has 0 bridgehead atoms. The van der Waals surface area contributed by atoms with Gasteiger partial charge in [0.05, 0.1) is 5.69 Å². The molecule has 81 heavy (non-hydrogen) atoms. The van der Waals surface area contributed by atoms with Crippen LogP contribution >= 0.6 is 0 Å². The van der Waals surface area contributed by atoms with Gasteiger partial charge in [0.25, 0.3) is 0 Å². The minimum Gasteiger partial charge on any atom is -0.455 e. The quantitative estimate of drug-likeness (QED) is 0.172. The van der Waals surface area contributed by atoms with E-state index >= 15 is 0 Å². The standard InChI is InChI=1S/C78H59NO2/c1-75(2)56-31-18-14-27-49(56)65-58(75)33-22-34-62(65)79(46-38-40-52-60(42-46)78(7,8)72-70(52)74-69(54-30-17-21-36-64(54)81-74)67-50-28-15-19-32-57(50)77(5,6)71(67)72)45-37-39-51-59(41-45)76(3,4)61-43-55(48-26-13-12-25-47(48)44-23-10-9-11-24-44)73-68(66(51)61)53-29-16-20-35-63(53)80-73/h9-43H,1-8H3. The molecule has 0 spiro atoms. The van der Waals surface area contributed by atoms with E-state index in [1.54, 1.807) is 0 Å². The van der Waals surface area contributed by atoms with Crippen molar-refractivity contribution in [1.29, 1.82) is 0 Å². The second-order valence-electron chi connectivity index (χ2n) is 25.4. The molecule has 2 heterocycles. The number of anilines is 3. The molecule has 0 amide bonds. The Kier molecular flexibility index (Phi) is 9.11. The smallest absolute Gasteiger partial charge is 0.144 e. The predicted octanol–water partition coefficient (Wildman–Crippen LogP) is 21.5. The largest absolute Gasteiger partial charge is 0.455 e. The summed E-state index contributed by atoms with van der Waals surface area (Å²) in [5.74, 6) is 0. The van der Waals surface area contributed by atoms with Crippen molar-refractivity contribution in [2.24, 2.45) is 0 Å². The van der Waals surface area contributed by atoms with Gasteiger partial charge in [-0.05, 0) is 143 Å². The number of hydrogen-bond acceptors (Lipinski definition) is 3. The van der Waals surface area contributed by atoms with Crippen molar-refractivity contribution in [3.05, 3.63) is 257 Å². The summed E-state index contributed by atoms with van der Waals surface area (Å²) in [5, 5.41) is 4.71. The van der Waals surface area contributed by atoms with Crippen LogP contribution in [0.15, 0.2) is 221 Å². The molecular weight excluding hydrogens is 983 g/mol. The second kappa shape index (κ2) is 15.8. The van der Waals surface area contributed by atoms with Gasteiger partial charge in [0.2, 0.25) is 0 Å². The van der Waals surface area contributed by atoms with Crippen LogP contribution in [0, 0.1) is 0 Å². The van der Waals surface area contributed by atoms with Gasteiger partial charge < -0.3 is 13.7 Å². The Hall–Kier alpha value is -9.18. The van der Waals surface area contributed by atoms with Crippen LogP contribution in [0.25, 0.3) is 111 Å². The van der Waals surface area contributed by atoms with Crippen molar-refractivity contribution in [3.8, 4) is 66.8 Å². The number of rotatable bonds is 5. The number of nitrogens with zero attached hydrogens (tertiary/aromatic N) is 1. The Morgan fingerprint density at radius 1 is 0.296 bits per heavy atom. The van der Waals surface area contributed by atoms with E-state index in [1.165, 1.54) is 122 Å². The van der Waals surface area contributed by atoms with Crippen molar-refractivity contribution in [2.45, 2.75) is 77.0 Å².